The monoisotopic (exact) mass is 465 g/mol. The van der Waals surface area contributed by atoms with E-state index in [9.17, 15) is 5.11 Å². The first-order chi connectivity index (χ1) is 15.6. The molecule has 0 aliphatic carbocycles. The highest BCUT2D eigenvalue weighted by Gasteiger charge is 2.09. The topological polar surface area (TPSA) is 107 Å². The lowest BCUT2D eigenvalue weighted by atomic mass is 10.2. The van der Waals surface area contributed by atoms with Crippen molar-refractivity contribution in [3.05, 3.63) is 88.4 Å². The van der Waals surface area contributed by atoms with Crippen molar-refractivity contribution in [1.29, 1.82) is 0 Å². The van der Waals surface area contributed by atoms with E-state index >= 15 is 0 Å². The fraction of sp³-hybridized carbons (Fsp3) is 0. The predicted octanol–water partition coefficient (Wildman–Crippen LogP) is 5.82. The van der Waals surface area contributed by atoms with Gasteiger partial charge in [0.2, 0.25) is 17.8 Å². The van der Waals surface area contributed by atoms with Gasteiger partial charge in [-0.1, -0.05) is 59.6 Å². The number of rotatable bonds is 7. The Labute approximate surface area is 194 Å². The third kappa shape index (κ3) is 5.63. The maximum atomic E-state index is 10.1. The number of benzene rings is 3. The van der Waals surface area contributed by atoms with Crippen molar-refractivity contribution in [3.8, 4) is 5.75 Å². The van der Waals surface area contributed by atoms with Crippen LogP contribution in [0.5, 0.6) is 5.75 Å². The van der Waals surface area contributed by atoms with Crippen molar-refractivity contribution in [2.24, 2.45) is 5.10 Å². The molecular formula is C22H17Cl2N7O. The number of aromatic nitrogens is 3. The molecular weight excluding hydrogens is 449 g/mol. The summed E-state index contributed by atoms with van der Waals surface area (Å²) in [5.41, 5.74) is 4.72. The Kier molecular flexibility index (Phi) is 6.64. The number of nitrogens with one attached hydrogen (secondary N) is 3. The van der Waals surface area contributed by atoms with E-state index in [4.69, 9.17) is 23.2 Å². The summed E-state index contributed by atoms with van der Waals surface area (Å²) in [6.45, 7) is 0. The SMILES string of the molecule is Oc1c(Cl)cc(Cl)cc1/C=N\Nc1nc(Nc2ccccc2)nc(Nc2ccccc2)n1. The highest BCUT2D eigenvalue weighted by atomic mass is 35.5. The van der Waals surface area contributed by atoms with Crippen LogP contribution in [0.3, 0.4) is 0 Å². The first-order valence-electron chi connectivity index (χ1n) is 9.44. The molecule has 0 unspecified atom stereocenters. The molecule has 10 heteroatoms. The molecule has 4 aromatic rings. The van der Waals surface area contributed by atoms with Crippen LogP contribution in [-0.4, -0.2) is 26.3 Å². The minimum Gasteiger partial charge on any atom is -0.506 e. The number of para-hydroxylation sites is 2. The van der Waals surface area contributed by atoms with Crippen molar-refractivity contribution in [2.45, 2.75) is 0 Å². The first-order valence-corrected chi connectivity index (χ1v) is 10.2. The maximum Gasteiger partial charge on any atom is 0.250 e. The summed E-state index contributed by atoms with van der Waals surface area (Å²) in [5, 5.41) is 20.9. The van der Waals surface area contributed by atoms with Crippen molar-refractivity contribution in [1.82, 2.24) is 15.0 Å². The third-order valence-corrected chi connectivity index (χ3v) is 4.63. The number of aromatic hydroxyl groups is 1. The second-order valence-corrected chi connectivity index (χ2v) is 7.33. The van der Waals surface area contributed by atoms with E-state index in [-0.39, 0.29) is 16.7 Å². The van der Waals surface area contributed by atoms with Crippen molar-refractivity contribution >= 4 is 58.6 Å². The second-order valence-electron chi connectivity index (χ2n) is 6.48. The number of hydrogen-bond donors (Lipinski definition) is 4. The summed E-state index contributed by atoms with van der Waals surface area (Å²) in [6, 6.07) is 22.0. The average molecular weight is 466 g/mol. The van der Waals surface area contributed by atoms with Gasteiger partial charge in [-0.05, 0) is 36.4 Å². The van der Waals surface area contributed by atoms with Crippen molar-refractivity contribution < 1.29 is 5.11 Å². The lowest BCUT2D eigenvalue weighted by molar-refractivity contribution is 0.475. The zero-order chi connectivity index (χ0) is 22.3. The molecule has 8 nitrogen and oxygen atoms in total. The van der Waals surface area contributed by atoms with Crippen molar-refractivity contribution in [2.75, 3.05) is 16.1 Å². The Morgan fingerprint density at radius 2 is 1.28 bits per heavy atom. The fourth-order valence-corrected chi connectivity index (χ4v) is 3.19. The minimum absolute atomic E-state index is 0.128. The number of halogens is 2. The number of anilines is 5. The maximum absolute atomic E-state index is 10.1. The highest BCUT2D eigenvalue weighted by Crippen LogP contribution is 2.30. The molecule has 0 radical (unpaired) electrons. The fourth-order valence-electron chi connectivity index (χ4n) is 2.68. The van der Waals surface area contributed by atoms with E-state index in [0.717, 1.165) is 11.4 Å². The molecule has 0 bridgehead atoms. The molecule has 0 aliphatic rings. The van der Waals surface area contributed by atoms with Gasteiger partial charge in [0.05, 0.1) is 11.2 Å². The zero-order valence-corrected chi connectivity index (χ0v) is 18.0. The Balaban J connectivity index is 1.59. The van der Waals surface area contributed by atoms with Gasteiger partial charge in [0.25, 0.3) is 0 Å². The van der Waals surface area contributed by atoms with Gasteiger partial charge in [-0.15, -0.1) is 0 Å². The lowest BCUT2D eigenvalue weighted by Gasteiger charge is -2.10. The zero-order valence-electron chi connectivity index (χ0n) is 16.5. The number of phenolic OH excluding ortho intramolecular Hbond substituents is 1. The summed E-state index contributed by atoms with van der Waals surface area (Å²) in [5.74, 6) is 0.683. The van der Waals surface area contributed by atoms with Crippen LogP contribution in [-0.2, 0) is 0 Å². The molecule has 0 spiro atoms. The number of hydrazone groups is 1. The van der Waals surface area contributed by atoms with Gasteiger partial charge in [0.15, 0.2) is 0 Å². The summed E-state index contributed by atoms with van der Waals surface area (Å²) < 4.78 is 0. The average Bonchev–Trinajstić information content (AvgIpc) is 2.78. The molecule has 1 aromatic heterocycles. The van der Waals surface area contributed by atoms with Crippen LogP contribution in [0.2, 0.25) is 10.0 Å². The molecule has 0 amide bonds. The highest BCUT2D eigenvalue weighted by molar-refractivity contribution is 6.36. The molecule has 1 heterocycles. The second kappa shape index (κ2) is 9.95. The predicted molar refractivity (Wildman–Crippen MR) is 129 cm³/mol. The lowest BCUT2D eigenvalue weighted by Crippen LogP contribution is -2.07. The Morgan fingerprint density at radius 1 is 0.750 bits per heavy atom. The molecule has 0 saturated heterocycles. The van der Waals surface area contributed by atoms with Gasteiger partial charge in [0, 0.05) is 22.0 Å². The first kappa shape index (κ1) is 21.4. The Morgan fingerprint density at radius 3 is 1.84 bits per heavy atom. The molecule has 0 atom stereocenters. The van der Waals surface area contributed by atoms with E-state index in [2.05, 4.69) is 36.1 Å². The standard InChI is InChI=1S/C22H17Cl2N7O/c23-15-11-14(19(32)18(24)12-15)13-25-31-22-29-20(26-16-7-3-1-4-8-16)28-21(30-22)27-17-9-5-2-6-10-17/h1-13,32H,(H3,26,27,28,29,30,31)/b25-13-. The van der Waals surface area contributed by atoms with Gasteiger partial charge in [0.1, 0.15) is 5.75 Å². The van der Waals surface area contributed by atoms with Crippen molar-refractivity contribution in [3.63, 3.8) is 0 Å². The Hall–Kier alpha value is -3.88. The molecule has 0 aliphatic heterocycles. The van der Waals surface area contributed by atoms with E-state index in [1.54, 1.807) is 0 Å². The van der Waals surface area contributed by atoms with Crippen LogP contribution in [0.15, 0.2) is 77.9 Å². The van der Waals surface area contributed by atoms with Gasteiger partial charge in [-0.2, -0.15) is 20.1 Å². The van der Waals surface area contributed by atoms with Crippen LogP contribution >= 0.6 is 23.2 Å². The third-order valence-electron chi connectivity index (χ3n) is 4.12. The smallest absolute Gasteiger partial charge is 0.250 e. The van der Waals surface area contributed by atoms with Crippen LogP contribution in [0.1, 0.15) is 5.56 Å². The van der Waals surface area contributed by atoms with Crippen LogP contribution < -0.4 is 16.1 Å². The van der Waals surface area contributed by atoms with Crippen LogP contribution in [0.25, 0.3) is 0 Å². The summed E-state index contributed by atoms with van der Waals surface area (Å²) in [6.07, 6.45) is 1.37. The Bertz CT molecular complexity index is 1180. The molecule has 32 heavy (non-hydrogen) atoms. The molecule has 4 N–H and O–H groups in total. The van der Waals surface area contributed by atoms with Crippen LogP contribution in [0, 0.1) is 0 Å². The van der Waals surface area contributed by atoms with E-state index in [1.807, 2.05) is 60.7 Å². The molecule has 160 valence electrons. The minimum atomic E-state index is -0.130. The largest absolute Gasteiger partial charge is 0.506 e. The van der Waals surface area contributed by atoms with Gasteiger partial charge in [-0.3, -0.25) is 0 Å². The number of nitrogens with zero attached hydrogens (tertiary/aromatic N) is 4. The van der Waals surface area contributed by atoms with Gasteiger partial charge < -0.3 is 15.7 Å². The van der Waals surface area contributed by atoms with Gasteiger partial charge >= 0.3 is 0 Å². The summed E-state index contributed by atoms with van der Waals surface area (Å²) >= 11 is 11.9. The summed E-state index contributed by atoms with van der Waals surface area (Å²) in [7, 11) is 0. The van der Waals surface area contributed by atoms with E-state index in [0.29, 0.717) is 22.5 Å². The van der Waals surface area contributed by atoms with E-state index in [1.165, 1.54) is 18.3 Å². The van der Waals surface area contributed by atoms with Gasteiger partial charge in [-0.25, -0.2) is 5.43 Å². The normalized spacial score (nSPS) is 10.8. The number of hydrogen-bond acceptors (Lipinski definition) is 8. The molecule has 0 fully saturated rings. The number of phenols is 1. The van der Waals surface area contributed by atoms with E-state index < -0.39 is 0 Å². The molecule has 3 aromatic carbocycles. The quantitative estimate of drug-likeness (QED) is 0.201. The summed E-state index contributed by atoms with van der Waals surface area (Å²) in [4.78, 5) is 13.1. The molecule has 4 rings (SSSR count). The van der Waals surface area contributed by atoms with Crippen LogP contribution in [0.4, 0.5) is 29.2 Å². The molecule has 0 saturated carbocycles.